The van der Waals surface area contributed by atoms with Crippen molar-refractivity contribution in [1.29, 1.82) is 0 Å². The molecule has 8 nitrogen and oxygen atoms in total. The maximum absolute atomic E-state index is 12.3. The summed E-state index contributed by atoms with van der Waals surface area (Å²) in [5.41, 5.74) is 1.08. The lowest BCUT2D eigenvalue weighted by atomic mass is 10.1. The lowest BCUT2D eigenvalue weighted by Gasteiger charge is -2.16. The molecule has 1 heterocycles. The molecule has 150 valence electrons. The number of para-hydroxylation sites is 2. The van der Waals surface area contributed by atoms with Gasteiger partial charge in [0.25, 0.3) is 17.7 Å². The van der Waals surface area contributed by atoms with Gasteiger partial charge in [-0.05, 0) is 31.2 Å². The SMILES string of the molecule is COc1ccccc1NC(=O)[C@@H](C)OC(=O)CCN1C(=O)c2ccccc2C1=O. The highest BCUT2D eigenvalue weighted by Crippen LogP contribution is 2.24. The second-order valence-electron chi connectivity index (χ2n) is 6.38. The minimum absolute atomic E-state index is 0.119. The third-order valence-corrected chi connectivity index (χ3v) is 4.46. The number of esters is 1. The Morgan fingerprint density at radius 1 is 1.00 bits per heavy atom. The summed E-state index contributed by atoms with van der Waals surface area (Å²) in [6, 6.07) is 13.3. The van der Waals surface area contributed by atoms with E-state index in [-0.39, 0.29) is 13.0 Å². The zero-order valence-electron chi connectivity index (χ0n) is 16.0. The number of benzene rings is 2. The molecule has 1 aliphatic heterocycles. The van der Waals surface area contributed by atoms with Crippen LogP contribution in [0.4, 0.5) is 5.69 Å². The third kappa shape index (κ3) is 4.26. The molecule has 29 heavy (non-hydrogen) atoms. The van der Waals surface area contributed by atoms with Crippen LogP contribution in [0, 0.1) is 0 Å². The molecule has 0 aromatic heterocycles. The third-order valence-electron chi connectivity index (χ3n) is 4.46. The van der Waals surface area contributed by atoms with Crippen molar-refractivity contribution in [2.75, 3.05) is 19.0 Å². The van der Waals surface area contributed by atoms with Crippen molar-refractivity contribution in [2.24, 2.45) is 0 Å². The first-order valence-corrected chi connectivity index (χ1v) is 9.01. The number of hydrogen-bond donors (Lipinski definition) is 1. The Morgan fingerprint density at radius 2 is 1.59 bits per heavy atom. The molecule has 0 fully saturated rings. The van der Waals surface area contributed by atoms with Crippen molar-refractivity contribution in [3.05, 3.63) is 59.7 Å². The molecular formula is C21H20N2O6. The molecule has 2 aromatic rings. The molecule has 1 aliphatic rings. The maximum Gasteiger partial charge on any atom is 0.308 e. The van der Waals surface area contributed by atoms with Gasteiger partial charge in [0.2, 0.25) is 0 Å². The molecule has 1 atom stereocenters. The topological polar surface area (TPSA) is 102 Å². The molecule has 0 spiro atoms. The van der Waals surface area contributed by atoms with Crippen molar-refractivity contribution in [3.8, 4) is 5.75 Å². The highest BCUT2D eigenvalue weighted by atomic mass is 16.5. The van der Waals surface area contributed by atoms with Crippen LogP contribution in [0.1, 0.15) is 34.1 Å². The summed E-state index contributed by atoms with van der Waals surface area (Å²) in [7, 11) is 1.48. The Labute approximate surface area is 167 Å². The number of carbonyl (C=O) groups excluding carboxylic acids is 4. The van der Waals surface area contributed by atoms with Gasteiger partial charge in [-0.25, -0.2) is 0 Å². The smallest absolute Gasteiger partial charge is 0.308 e. The number of nitrogens with zero attached hydrogens (tertiary/aromatic N) is 1. The van der Waals surface area contributed by atoms with Crippen LogP contribution >= 0.6 is 0 Å². The minimum Gasteiger partial charge on any atom is -0.495 e. The van der Waals surface area contributed by atoms with Gasteiger partial charge < -0.3 is 14.8 Å². The highest BCUT2D eigenvalue weighted by Gasteiger charge is 2.35. The van der Waals surface area contributed by atoms with Crippen LogP contribution in [0.15, 0.2) is 48.5 Å². The number of fused-ring (bicyclic) bond motifs is 1. The molecule has 1 N–H and O–H groups in total. The van der Waals surface area contributed by atoms with E-state index in [9.17, 15) is 19.2 Å². The fourth-order valence-electron chi connectivity index (χ4n) is 2.94. The number of ether oxygens (including phenoxy) is 2. The van der Waals surface area contributed by atoms with Gasteiger partial charge in [0.15, 0.2) is 6.10 Å². The first-order chi connectivity index (χ1) is 13.9. The van der Waals surface area contributed by atoms with Crippen molar-refractivity contribution >= 4 is 29.4 Å². The number of anilines is 1. The molecule has 0 saturated carbocycles. The Hall–Kier alpha value is -3.68. The molecular weight excluding hydrogens is 376 g/mol. The Kier molecular flexibility index (Phi) is 5.92. The van der Waals surface area contributed by atoms with Gasteiger partial charge in [-0.3, -0.25) is 24.1 Å². The Morgan fingerprint density at radius 3 is 2.21 bits per heavy atom. The van der Waals surface area contributed by atoms with Gasteiger partial charge in [0, 0.05) is 6.54 Å². The first-order valence-electron chi connectivity index (χ1n) is 9.01. The summed E-state index contributed by atoms with van der Waals surface area (Å²) in [6.45, 7) is 1.32. The highest BCUT2D eigenvalue weighted by molar-refractivity contribution is 6.21. The van der Waals surface area contributed by atoms with Crippen molar-refractivity contribution < 1.29 is 28.7 Å². The summed E-state index contributed by atoms with van der Waals surface area (Å²) in [5.74, 6) is -1.63. The lowest BCUT2D eigenvalue weighted by Crippen LogP contribution is -2.34. The van der Waals surface area contributed by atoms with E-state index in [0.717, 1.165) is 4.90 Å². The van der Waals surface area contributed by atoms with Gasteiger partial charge in [-0.1, -0.05) is 24.3 Å². The number of amides is 3. The first kappa shape index (κ1) is 20.1. The van der Waals surface area contributed by atoms with Crippen LogP contribution in [0.2, 0.25) is 0 Å². The summed E-state index contributed by atoms with van der Waals surface area (Å²) >= 11 is 0. The van der Waals surface area contributed by atoms with Crippen LogP contribution in [0.25, 0.3) is 0 Å². The molecule has 8 heteroatoms. The Balaban J connectivity index is 1.52. The van der Waals surface area contributed by atoms with Crippen molar-refractivity contribution in [1.82, 2.24) is 4.90 Å². The normalized spacial score (nSPS) is 13.7. The van der Waals surface area contributed by atoms with Crippen molar-refractivity contribution in [2.45, 2.75) is 19.4 Å². The molecule has 0 aliphatic carbocycles. The van der Waals surface area contributed by atoms with Gasteiger partial charge in [0.05, 0.1) is 30.3 Å². The summed E-state index contributed by atoms with van der Waals surface area (Å²) in [5, 5.41) is 2.63. The van der Waals surface area contributed by atoms with E-state index >= 15 is 0 Å². The monoisotopic (exact) mass is 396 g/mol. The average Bonchev–Trinajstić information content (AvgIpc) is 2.97. The zero-order valence-corrected chi connectivity index (χ0v) is 16.0. The summed E-state index contributed by atoms with van der Waals surface area (Å²) < 4.78 is 10.3. The van der Waals surface area contributed by atoms with E-state index in [1.807, 2.05) is 0 Å². The number of imide groups is 1. The van der Waals surface area contributed by atoms with E-state index in [0.29, 0.717) is 22.6 Å². The quantitative estimate of drug-likeness (QED) is 0.569. The largest absolute Gasteiger partial charge is 0.495 e. The van der Waals surface area contributed by atoms with Gasteiger partial charge >= 0.3 is 5.97 Å². The average molecular weight is 396 g/mol. The van der Waals surface area contributed by atoms with Crippen LogP contribution in [-0.2, 0) is 14.3 Å². The molecule has 3 rings (SSSR count). The standard InChI is InChI=1S/C21H20N2O6/c1-13(19(25)22-16-9-5-6-10-17(16)28-2)29-18(24)11-12-23-20(26)14-7-3-4-8-15(14)21(23)27/h3-10,13H,11-12H2,1-2H3,(H,22,25)/t13-/m1/s1. The maximum atomic E-state index is 12.3. The Bertz CT molecular complexity index is 936. The molecule has 0 unspecified atom stereocenters. The number of hydrogen-bond acceptors (Lipinski definition) is 6. The molecule has 0 radical (unpaired) electrons. The van der Waals surface area contributed by atoms with E-state index in [1.165, 1.54) is 14.0 Å². The minimum atomic E-state index is -1.06. The van der Waals surface area contributed by atoms with Crippen LogP contribution in [0.5, 0.6) is 5.75 Å². The van der Waals surface area contributed by atoms with Gasteiger partial charge in [-0.2, -0.15) is 0 Å². The summed E-state index contributed by atoms with van der Waals surface area (Å²) in [4.78, 5) is 50.0. The molecule has 0 bridgehead atoms. The molecule has 3 amide bonds. The van der Waals surface area contributed by atoms with E-state index in [2.05, 4.69) is 5.32 Å². The second-order valence-corrected chi connectivity index (χ2v) is 6.38. The van der Waals surface area contributed by atoms with Crippen LogP contribution in [0.3, 0.4) is 0 Å². The number of carbonyl (C=O) groups is 4. The van der Waals surface area contributed by atoms with E-state index in [1.54, 1.807) is 48.5 Å². The predicted octanol–water partition coefficient (Wildman–Crippen LogP) is 2.25. The lowest BCUT2D eigenvalue weighted by molar-refractivity contribution is -0.153. The van der Waals surface area contributed by atoms with Crippen LogP contribution in [-0.4, -0.2) is 48.3 Å². The van der Waals surface area contributed by atoms with Gasteiger partial charge in [0.1, 0.15) is 5.75 Å². The zero-order chi connectivity index (χ0) is 21.0. The summed E-state index contributed by atoms with van der Waals surface area (Å²) in [6.07, 6.45) is -1.27. The van der Waals surface area contributed by atoms with E-state index in [4.69, 9.17) is 9.47 Å². The molecule has 2 aromatic carbocycles. The van der Waals surface area contributed by atoms with Crippen molar-refractivity contribution in [3.63, 3.8) is 0 Å². The second kappa shape index (κ2) is 8.55. The fraction of sp³-hybridized carbons (Fsp3) is 0.238. The van der Waals surface area contributed by atoms with Crippen LogP contribution < -0.4 is 10.1 Å². The fourth-order valence-corrected chi connectivity index (χ4v) is 2.94. The molecule has 0 saturated heterocycles. The number of nitrogens with one attached hydrogen (secondary N) is 1. The predicted molar refractivity (Wildman–Crippen MR) is 104 cm³/mol. The number of rotatable bonds is 7. The number of methoxy groups -OCH3 is 1. The van der Waals surface area contributed by atoms with E-state index < -0.39 is 29.8 Å². The van der Waals surface area contributed by atoms with Gasteiger partial charge in [-0.15, -0.1) is 0 Å².